The molecule has 0 atom stereocenters. The third kappa shape index (κ3) is 2.67. The number of H-pyrrole nitrogens is 1. The molecule has 138 valence electrons. The van der Waals surface area contributed by atoms with Crippen molar-refractivity contribution in [1.82, 2.24) is 25.2 Å². The van der Waals surface area contributed by atoms with Crippen LogP contribution in [0.1, 0.15) is 21.8 Å². The number of aromatic amines is 1. The second-order valence-electron chi connectivity index (χ2n) is 6.66. The van der Waals surface area contributed by atoms with E-state index in [9.17, 15) is 4.79 Å². The van der Waals surface area contributed by atoms with Crippen LogP contribution in [-0.4, -0.2) is 31.1 Å². The van der Waals surface area contributed by atoms with E-state index in [4.69, 9.17) is 10.3 Å². The Morgan fingerprint density at radius 3 is 2.93 bits per heavy atom. The molecule has 0 unspecified atom stereocenters. The lowest BCUT2D eigenvalue weighted by molar-refractivity contribution is 0.0743. The monoisotopic (exact) mass is 372 g/mol. The number of amides is 1. The quantitative estimate of drug-likeness (QED) is 0.286. The van der Waals surface area contributed by atoms with Crippen molar-refractivity contribution < 1.29 is 9.21 Å². The van der Waals surface area contributed by atoms with Gasteiger partial charge in [0.25, 0.3) is 5.91 Å². The van der Waals surface area contributed by atoms with Crippen molar-refractivity contribution in [3.63, 3.8) is 0 Å². The third-order valence-corrected chi connectivity index (χ3v) is 4.70. The molecule has 0 aliphatic heterocycles. The van der Waals surface area contributed by atoms with E-state index in [-0.39, 0.29) is 12.5 Å². The Kier molecular flexibility index (Phi) is 3.59. The molecule has 3 heterocycles. The zero-order valence-corrected chi connectivity index (χ0v) is 15.0. The van der Waals surface area contributed by atoms with Gasteiger partial charge in [-0.3, -0.25) is 19.9 Å². The Morgan fingerprint density at radius 1 is 1.18 bits per heavy atom. The molecule has 5 aromatic rings. The van der Waals surface area contributed by atoms with Crippen LogP contribution in [0.4, 0.5) is 0 Å². The number of hydrogen-bond donors (Lipinski definition) is 2. The molecule has 0 aliphatic carbocycles. The summed E-state index contributed by atoms with van der Waals surface area (Å²) in [6.07, 6.45) is 3.45. The second kappa shape index (κ2) is 6.14. The highest BCUT2D eigenvalue weighted by Gasteiger charge is 2.15. The van der Waals surface area contributed by atoms with Crippen LogP contribution in [0.5, 0.6) is 0 Å². The van der Waals surface area contributed by atoms with Gasteiger partial charge in [-0.1, -0.05) is 6.07 Å². The maximum absolute atomic E-state index is 12.9. The normalized spacial score (nSPS) is 11.5. The van der Waals surface area contributed by atoms with Gasteiger partial charge in [-0.15, -0.1) is 0 Å². The van der Waals surface area contributed by atoms with E-state index in [1.54, 1.807) is 37.5 Å². The fourth-order valence-electron chi connectivity index (χ4n) is 3.35. The molecule has 0 bridgehead atoms. The molecule has 8 heteroatoms. The van der Waals surface area contributed by atoms with E-state index < -0.39 is 0 Å². The average Bonchev–Trinajstić information content (AvgIpc) is 3.32. The van der Waals surface area contributed by atoms with E-state index >= 15 is 0 Å². The minimum Gasteiger partial charge on any atom is -0.441 e. The number of nitrogens with one attached hydrogen (secondary N) is 1. The molecule has 0 saturated heterocycles. The number of rotatable bonds is 3. The van der Waals surface area contributed by atoms with Gasteiger partial charge in [-0.05, 0) is 35.9 Å². The van der Waals surface area contributed by atoms with Crippen molar-refractivity contribution >= 4 is 38.8 Å². The van der Waals surface area contributed by atoms with Crippen LogP contribution >= 0.6 is 0 Å². The zero-order valence-electron chi connectivity index (χ0n) is 15.0. The van der Waals surface area contributed by atoms with E-state index in [0.29, 0.717) is 17.0 Å². The van der Waals surface area contributed by atoms with Crippen molar-refractivity contribution in [1.29, 1.82) is 0 Å². The standard InChI is InChI=1S/C20H16N6O2/c1-11-24-17-4-2-12(6-18(17)28-11)10-26(21)20(27)13-3-5-16-15(7-13)19-14(8-22-16)9-23-25-19/h2-9H,10,21H2,1H3,(H,23,25). The highest BCUT2D eigenvalue weighted by atomic mass is 16.3. The molecular weight excluding hydrogens is 356 g/mol. The fraction of sp³-hybridized carbons (Fsp3) is 0.100. The van der Waals surface area contributed by atoms with E-state index in [0.717, 1.165) is 32.9 Å². The molecule has 0 spiro atoms. The first-order valence-electron chi connectivity index (χ1n) is 8.73. The van der Waals surface area contributed by atoms with E-state index in [1.165, 1.54) is 5.01 Å². The van der Waals surface area contributed by atoms with Crippen molar-refractivity contribution in [2.45, 2.75) is 13.5 Å². The number of carbonyl (C=O) groups is 1. The van der Waals surface area contributed by atoms with Gasteiger partial charge in [0.1, 0.15) is 5.52 Å². The molecule has 3 N–H and O–H groups in total. The largest absolute Gasteiger partial charge is 0.441 e. The summed E-state index contributed by atoms with van der Waals surface area (Å²) in [5.74, 6) is 6.38. The summed E-state index contributed by atoms with van der Waals surface area (Å²) in [7, 11) is 0. The molecule has 0 saturated carbocycles. The smallest absolute Gasteiger partial charge is 0.268 e. The van der Waals surface area contributed by atoms with Crippen LogP contribution in [0.25, 0.3) is 32.9 Å². The number of hydrogen-bond acceptors (Lipinski definition) is 6. The predicted octanol–water partition coefficient (Wildman–Crippen LogP) is 3.08. The van der Waals surface area contributed by atoms with Crippen LogP contribution in [0.2, 0.25) is 0 Å². The highest BCUT2D eigenvalue weighted by molar-refractivity contribution is 6.06. The number of oxazole rings is 1. The number of aryl methyl sites for hydroxylation is 1. The van der Waals surface area contributed by atoms with Gasteiger partial charge < -0.3 is 4.42 Å². The number of nitrogens with zero attached hydrogens (tertiary/aromatic N) is 4. The van der Waals surface area contributed by atoms with Gasteiger partial charge in [0, 0.05) is 29.5 Å². The van der Waals surface area contributed by atoms with Crippen LogP contribution in [0.3, 0.4) is 0 Å². The first-order valence-corrected chi connectivity index (χ1v) is 8.73. The van der Waals surface area contributed by atoms with E-state index in [1.807, 2.05) is 18.2 Å². The van der Waals surface area contributed by atoms with Gasteiger partial charge in [0.15, 0.2) is 11.5 Å². The van der Waals surface area contributed by atoms with Crippen LogP contribution < -0.4 is 5.84 Å². The Balaban J connectivity index is 1.45. The molecule has 2 aromatic carbocycles. The number of benzene rings is 2. The minimum absolute atomic E-state index is 0.249. The molecule has 0 fully saturated rings. The first-order chi connectivity index (χ1) is 13.6. The Hall–Kier alpha value is -3.78. The van der Waals surface area contributed by atoms with Gasteiger partial charge >= 0.3 is 0 Å². The maximum Gasteiger partial charge on any atom is 0.268 e. The number of hydrazine groups is 1. The average molecular weight is 372 g/mol. The number of carbonyl (C=O) groups excluding carboxylic acids is 1. The summed E-state index contributed by atoms with van der Waals surface area (Å²) in [5.41, 5.74) is 4.42. The summed E-state index contributed by atoms with van der Waals surface area (Å²) in [5, 5.41) is 9.90. The molecular formula is C20H16N6O2. The summed E-state index contributed by atoms with van der Waals surface area (Å²) in [6.45, 7) is 2.04. The molecule has 5 rings (SSSR count). The summed E-state index contributed by atoms with van der Waals surface area (Å²) >= 11 is 0. The lowest BCUT2D eigenvalue weighted by Gasteiger charge is -2.17. The number of aromatic nitrogens is 4. The lowest BCUT2D eigenvalue weighted by atomic mass is 10.1. The zero-order chi connectivity index (χ0) is 19.3. The van der Waals surface area contributed by atoms with Crippen molar-refractivity contribution in [2.24, 2.45) is 5.84 Å². The van der Waals surface area contributed by atoms with Gasteiger partial charge in [-0.25, -0.2) is 10.8 Å². The van der Waals surface area contributed by atoms with Crippen LogP contribution in [0.15, 0.2) is 53.2 Å². The number of nitrogens with two attached hydrogens (primary N) is 1. The first kappa shape index (κ1) is 16.4. The van der Waals surface area contributed by atoms with Crippen molar-refractivity contribution in [3.05, 3.63) is 65.8 Å². The van der Waals surface area contributed by atoms with Gasteiger partial charge in [0.2, 0.25) is 0 Å². The Labute approximate surface area is 158 Å². The van der Waals surface area contributed by atoms with Gasteiger partial charge in [-0.2, -0.15) is 5.10 Å². The topological polar surface area (TPSA) is 114 Å². The molecule has 3 aromatic heterocycles. The predicted molar refractivity (Wildman–Crippen MR) is 104 cm³/mol. The van der Waals surface area contributed by atoms with Crippen molar-refractivity contribution in [2.75, 3.05) is 0 Å². The number of pyridine rings is 1. The molecule has 0 radical (unpaired) electrons. The second-order valence-corrected chi connectivity index (χ2v) is 6.66. The maximum atomic E-state index is 12.9. The summed E-state index contributed by atoms with van der Waals surface area (Å²) in [6, 6.07) is 10.9. The fourth-order valence-corrected chi connectivity index (χ4v) is 3.35. The highest BCUT2D eigenvalue weighted by Crippen LogP contribution is 2.23. The van der Waals surface area contributed by atoms with E-state index in [2.05, 4.69) is 20.2 Å². The number of fused-ring (bicyclic) bond motifs is 4. The summed E-state index contributed by atoms with van der Waals surface area (Å²) in [4.78, 5) is 21.5. The molecule has 0 aliphatic rings. The molecule has 8 nitrogen and oxygen atoms in total. The summed E-state index contributed by atoms with van der Waals surface area (Å²) < 4.78 is 5.54. The third-order valence-electron chi connectivity index (χ3n) is 4.70. The molecule has 28 heavy (non-hydrogen) atoms. The SMILES string of the molecule is Cc1nc2ccc(CN(N)C(=O)c3ccc4ncc5cn[nH]c5c4c3)cc2o1. The van der Waals surface area contributed by atoms with Crippen LogP contribution in [0, 0.1) is 6.92 Å². The van der Waals surface area contributed by atoms with Crippen LogP contribution in [-0.2, 0) is 6.54 Å². The lowest BCUT2D eigenvalue weighted by Crippen LogP contribution is -2.36. The Bertz CT molecular complexity index is 1350. The van der Waals surface area contributed by atoms with Gasteiger partial charge in [0.05, 0.1) is 23.8 Å². The Morgan fingerprint density at radius 2 is 2.04 bits per heavy atom. The van der Waals surface area contributed by atoms with Crippen molar-refractivity contribution in [3.8, 4) is 0 Å². The minimum atomic E-state index is -0.285. The molecule has 1 amide bonds.